The van der Waals surface area contributed by atoms with Crippen molar-refractivity contribution >= 4 is 113 Å². The molecule has 0 bridgehead atoms. The topological polar surface area (TPSA) is 274 Å². The summed E-state index contributed by atoms with van der Waals surface area (Å²) in [5.41, 5.74) is 11.4. The number of hydrogen-bond acceptors (Lipinski definition) is 20. The zero-order valence-electron chi connectivity index (χ0n) is 74.1. The Kier molecular flexibility index (Phi) is 27.7. The second-order valence-electron chi connectivity index (χ2n) is 30.6. The molecule has 700 valence electrons. The van der Waals surface area contributed by atoms with Crippen LogP contribution < -0.4 is 45.5 Å². The normalized spacial score (nSPS) is 11.2. The zero-order chi connectivity index (χ0) is 97.9. The fraction of sp³-hybridized carbons (Fsp3) is 0.0990. The van der Waals surface area contributed by atoms with Crippen LogP contribution in [0.1, 0.15) is 40.2 Å². The van der Waals surface area contributed by atoms with Crippen molar-refractivity contribution in [3.8, 4) is 58.2 Å². The molecule has 139 heavy (non-hydrogen) atoms. The highest BCUT2D eigenvalue weighted by Gasteiger charge is 2.32. The Morgan fingerprint density at radius 2 is 0.540 bits per heavy atom. The van der Waals surface area contributed by atoms with Crippen LogP contribution in [-0.2, 0) is 0 Å². The summed E-state index contributed by atoms with van der Waals surface area (Å²) < 4.78 is 193. The number of nitrogens with zero attached hydrogens (tertiary/aromatic N) is 16. The van der Waals surface area contributed by atoms with Crippen molar-refractivity contribution in [2.45, 2.75) is 60.9 Å². The molecule has 38 heteroatoms. The van der Waals surface area contributed by atoms with Crippen molar-refractivity contribution in [2.75, 3.05) is 33.7 Å². The van der Waals surface area contributed by atoms with E-state index < -0.39 is 25.2 Å². The van der Waals surface area contributed by atoms with Crippen molar-refractivity contribution < 1.29 is 76.0 Å². The molecule has 0 aliphatic rings. The number of ether oxygens (including phenoxy) is 4. The number of imidazole rings is 5. The molecule has 0 fully saturated rings. The van der Waals surface area contributed by atoms with E-state index in [0.29, 0.717) is 125 Å². The summed E-state index contributed by atoms with van der Waals surface area (Å²) in [4.78, 5) is 45.1. The van der Waals surface area contributed by atoms with E-state index in [2.05, 4.69) is 97.6 Å². The van der Waals surface area contributed by atoms with E-state index in [-0.39, 0.29) is 51.9 Å². The summed E-state index contributed by atoms with van der Waals surface area (Å²) in [6.45, 7) is 8.29. The summed E-state index contributed by atoms with van der Waals surface area (Å²) in [6.07, 6.45) is -9.52. The maximum Gasteiger partial charge on any atom is 0.573 e. The van der Waals surface area contributed by atoms with E-state index in [1.807, 2.05) is 127 Å². The van der Waals surface area contributed by atoms with Gasteiger partial charge in [-0.25, -0.2) is 71.8 Å². The maximum absolute atomic E-state index is 13.8. The van der Waals surface area contributed by atoms with E-state index in [4.69, 9.17) is 4.74 Å². The average molecular weight is 1890 g/mol. The lowest BCUT2D eigenvalue weighted by Gasteiger charge is -2.12. The third-order valence-corrected chi connectivity index (χ3v) is 20.7. The molecule has 25 nitrogen and oxygen atoms in total. The number of fused-ring (bicyclic) bond motifs is 5. The van der Waals surface area contributed by atoms with Gasteiger partial charge >= 0.3 is 19.3 Å². The number of nitriles is 1. The van der Waals surface area contributed by atoms with Gasteiger partial charge in [-0.15, -0.1) is 26.3 Å². The van der Waals surface area contributed by atoms with Crippen molar-refractivity contribution in [3.63, 3.8) is 0 Å². The van der Waals surface area contributed by atoms with Gasteiger partial charge in [0.15, 0.2) is 0 Å². The number of pyridine rings is 5. The summed E-state index contributed by atoms with van der Waals surface area (Å²) >= 11 is 0. The lowest BCUT2D eigenvalue weighted by molar-refractivity contribution is -0.275. The minimum atomic E-state index is -4.78. The molecule has 0 atom stereocenters. The highest BCUT2D eigenvalue weighted by Crippen LogP contribution is 2.35. The predicted octanol–water partition coefficient (Wildman–Crippen LogP) is 25.6. The molecule has 0 aliphatic carbocycles. The molecule has 20 aromatic rings. The molecular weight excluding hydrogens is 1820 g/mol. The first kappa shape index (κ1) is 94.3. The molecule has 10 aromatic carbocycles. The van der Waals surface area contributed by atoms with Crippen LogP contribution in [0.5, 0.6) is 23.0 Å². The Balaban J connectivity index is 0.000000126. The summed E-state index contributed by atoms with van der Waals surface area (Å²) in [5, 5.41) is 25.0. The summed E-state index contributed by atoms with van der Waals surface area (Å²) in [6, 6.07) is 81.2. The Bertz CT molecular complexity index is 7870. The van der Waals surface area contributed by atoms with Crippen LogP contribution in [0, 0.1) is 82.0 Å². The Morgan fingerprint density at radius 1 is 0.288 bits per heavy atom. The SMILES string of the molecule is COc1ccc(Nc2cccc(-n3c(C)nc4ccc(F)cc43)n2)cc1.Cc1ccc(Nc2cccc(-n3c(C)nc4ccc(F)cc43)n2)cc1.Cc1nc2ccc(F)cc2n1-c1cc(C#N)cc(Nc2ccc(OC(F)(F)F)cc2)n1.Cc1nc2ccc(F)cc2n1-c1cccc(Nc2ccc(OC(F)(F)F)cc2)n1.Cc1nc2ccc(F)cc2n1-c1cccc(Nc2ccc(OC(F)F)cc2)n1. The standard InChI is InChI=1S/C21H13F4N5O.C20H14F4N4O.C20H15F3N4O.C20H17FN4O.C20H17FN4/c1-12-27-17-7-2-14(22)10-18(17)30(12)20-9-13(11-26)8-19(29-20)28-15-3-5-16(6-4-15)31-21(23,24)25;1-12-25-16-10-5-13(21)11-17(16)28(12)19-4-2-3-18(27-19)26-14-6-8-15(9-7-14)29-20(22,23)24;1-12-24-16-10-5-13(21)11-17(16)27(12)19-4-2-3-18(26-19)25-14-6-8-15(9-7-14)28-20(22)23;1-13-22-17-11-6-14(21)12-18(17)25(13)20-5-3-4-19(24-20)23-15-7-9-16(26-2)10-8-15;1-13-6-9-16(10-7-13)23-19-4-3-5-20(24-19)25-14(2)22-17-11-8-15(21)12-18(17)25/h2-10H,1H3,(H,28,29);2-11H,1H3,(H,26,27);2-11,20H,1H3,(H,25,26);3-12H,1-2H3,(H,23,24);3-12H,1-2H3,(H,23,24). The molecule has 0 unspecified atom stereocenters. The van der Waals surface area contributed by atoms with Crippen LogP contribution in [0.25, 0.3) is 84.3 Å². The van der Waals surface area contributed by atoms with Gasteiger partial charge in [-0.2, -0.15) is 14.0 Å². The van der Waals surface area contributed by atoms with E-state index in [9.17, 15) is 62.3 Å². The van der Waals surface area contributed by atoms with Crippen molar-refractivity contribution in [2.24, 2.45) is 0 Å². The van der Waals surface area contributed by atoms with Gasteiger partial charge < -0.3 is 45.5 Å². The molecule has 0 spiro atoms. The monoisotopic (exact) mass is 1890 g/mol. The van der Waals surface area contributed by atoms with Crippen LogP contribution in [0.4, 0.5) is 115 Å². The highest BCUT2D eigenvalue weighted by atomic mass is 19.4. The first-order valence-corrected chi connectivity index (χ1v) is 42.1. The summed E-state index contributed by atoms with van der Waals surface area (Å²) in [7, 11) is 1.63. The first-order valence-electron chi connectivity index (χ1n) is 42.1. The molecule has 20 rings (SSSR count). The van der Waals surface area contributed by atoms with Crippen LogP contribution >= 0.6 is 0 Å². The number of aromatic nitrogens is 15. The first-order chi connectivity index (χ1) is 66.7. The molecule has 0 saturated heterocycles. The van der Waals surface area contributed by atoms with Crippen molar-refractivity contribution in [1.29, 1.82) is 5.26 Å². The number of methoxy groups -OCH3 is 1. The number of alkyl halides is 8. The van der Waals surface area contributed by atoms with Crippen LogP contribution in [0.3, 0.4) is 0 Å². The number of nitrogens with one attached hydrogen (secondary N) is 5. The second-order valence-corrected chi connectivity index (χ2v) is 30.6. The third-order valence-electron chi connectivity index (χ3n) is 20.7. The van der Waals surface area contributed by atoms with Crippen LogP contribution in [0.15, 0.2) is 297 Å². The van der Waals surface area contributed by atoms with E-state index in [1.54, 1.807) is 107 Å². The van der Waals surface area contributed by atoms with Crippen LogP contribution in [0.2, 0.25) is 0 Å². The highest BCUT2D eigenvalue weighted by molar-refractivity contribution is 5.83. The fourth-order valence-corrected chi connectivity index (χ4v) is 14.8. The van der Waals surface area contributed by atoms with Gasteiger partial charge in [-0.05, 0) is 272 Å². The summed E-state index contributed by atoms with van der Waals surface area (Å²) in [5.74, 6) is 7.30. The molecule has 0 saturated carbocycles. The Hall–Kier alpha value is -17.9. The lowest BCUT2D eigenvalue weighted by atomic mass is 10.2. The van der Waals surface area contributed by atoms with Gasteiger partial charge in [0.05, 0.1) is 73.9 Å². The van der Waals surface area contributed by atoms with Crippen molar-refractivity contribution in [1.82, 2.24) is 72.7 Å². The molecule has 0 aliphatic heterocycles. The van der Waals surface area contributed by atoms with E-state index in [1.165, 1.54) is 127 Å². The van der Waals surface area contributed by atoms with E-state index in [0.717, 1.165) is 57.8 Å². The number of rotatable bonds is 20. The molecule has 0 radical (unpaired) electrons. The van der Waals surface area contributed by atoms with Gasteiger partial charge in [0.2, 0.25) is 0 Å². The van der Waals surface area contributed by atoms with Crippen LogP contribution in [-0.4, -0.2) is 99.1 Å². The molecule has 10 heterocycles. The van der Waals surface area contributed by atoms with Gasteiger partial charge in [0, 0.05) is 58.8 Å². The smallest absolute Gasteiger partial charge is 0.497 e. The zero-order valence-corrected chi connectivity index (χ0v) is 74.1. The molecular formula is C101H76F13N21O4. The minimum absolute atomic E-state index is 0.0739. The number of anilines is 10. The average Bonchev–Trinajstić information content (AvgIpc) is 1.66. The van der Waals surface area contributed by atoms with E-state index >= 15 is 0 Å². The fourth-order valence-electron chi connectivity index (χ4n) is 14.8. The predicted molar refractivity (Wildman–Crippen MR) is 502 cm³/mol. The quantitative estimate of drug-likeness (QED) is 0.0444. The molecule has 5 N–H and O–H groups in total. The Labute approximate surface area is 782 Å². The van der Waals surface area contributed by atoms with Crippen molar-refractivity contribution in [3.05, 3.63) is 367 Å². The number of aryl methyl sites for hydroxylation is 6. The third kappa shape index (κ3) is 23.5. The number of hydrogen-bond donors (Lipinski definition) is 5. The number of benzene rings is 10. The van der Waals surface area contributed by atoms with Gasteiger partial charge in [-0.3, -0.25) is 22.8 Å². The second kappa shape index (κ2) is 40.9. The molecule has 10 aromatic heterocycles. The molecule has 0 amide bonds. The van der Waals surface area contributed by atoms with Gasteiger partial charge in [0.1, 0.15) is 139 Å². The lowest BCUT2D eigenvalue weighted by Crippen LogP contribution is -2.17. The number of halogens is 13. The van der Waals surface area contributed by atoms with Gasteiger partial charge in [-0.1, -0.05) is 42.0 Å². The van der Waals surface area contributed by atoms with Gasteiger partial charge in [0.25, 0.3) is 0 Å². The minimum Gasteiger partial charge on any atom is -0.497 e. The largest absolute Gasteiger partial charge is 0.573 e. The maximum atomic E-state index is 13.8. The Morgan fingerprint density at radius 3 is 0.806 bits per heavy atom.